The molecule has 8 nitrogen and oxygen atoms in total. The number of alkyl halides is 3. The van der Waals surface area contributed by atoms with Crippen LogP contribution in [0, 0.1) is 11.7 Å². The number of hydrogen-bond acceptors (Lipinski definition) is 5. The fourth-order valence-corrected chi connectivity index (χ4v) is 7.59. The summed E-state index contributed by atoms with van der Waals surface area (Å²) in [6.45, 7) is 1.07. The van der Waals surface area contributed by atoms with E-state index in [2.05, 4.69) is 0 Å². The van der Waals surface area contributed by atoms with E-state index in [0.29, 0.717) is 35.6 Å². The van der Waals surface area contributed by atoms with Gasteiger partial charge in [-0.25, -0.2) is 14.2 Å². The number of nitrogens with zero attached hydrogens (tertiary/aromatic N) is 4. The maximum Gasteiger partial charge on any atom is 0.391 e. The second-order valence-corrected chi connectivity index (χ2v) is 13.3. The van der Waals surface area contributed by atoms with E-state index >= 15 is 4.39 Å². The summed E-state index contributed by atoms with van der Waals surface area (Å²) >= 11 is 0. The summed E-state index contributed by atoms with van der Waals surface area (Å²) in [4.78, 5) is 32.5. The van der Waals surface area contributed by atoms with Crippen molar-refractivity contribution in [2.45, 2.75) is 76.6 Å². The molecule has 4 aromatic rings. The lowest BCUT2D eigenvalue weighted by Gasteiger charge is -2.35. The van der Waals surface area contributed by atoms with Crippen molar-refractivity contribution in [1.82, 2.24) is 9.55 Å². The largest absolute Gasteiger partial charge is 0.489 e. The molecule has 3 heterocycles. The molecule has 2 saturated heterocycles. The number of fused-ring (bicyclic) bond motifs is 1. The number of ether oxygens (including phenoxy) is 1. The van der Waals surface area contributed by atoms with Gasteiger partial charge in [-0.1, -0.05) is 19.3 Å². The zero-order valence-corrected chi connectivity index (χ0v) is 27.0. The van der Waals surface area contributed by atoms with E-state index in [-0.39, 0.29) is 61.4 Å². The molecule has 12 heteroatoms. The lowest BCUT2D eigenvalue weighted by molar-refractivity contribution is -0.179. The molecule has 258 valence electrons. The zero-order chi connectivity index (χ0) is 34.3. The van der Waals surface area contributed by atoms with E-state index < -0.39 is 23.9 Å². The van der Waals surface area contributed by atoms with Crippen molar-refractivity contribution in [3.8, 4) is 17.1 Å². The Morgan fingerprint density at radius 3 is 2.37 bits per heavy atom. The third-order valence-corrected chi connectivity index (χ3v) is 10.2. The van der Waals surface area contributed by atoms with Crippen molar-refractivity contribution in [3.63, 3.8) is 0 Å². The molecule has 0 spiro atoms. The number of carbonyl (C=O) groups excluding carboxylic acids is 1. The van der Waals surface area contributed by atoms with Crippen LogP contribution in [-0.4, -0.2) is 52.3 Å². The number of carboxylic acids is 1. The quantitative estimate of drug-likeness (QED) is 0.188. The number of imidazole rings is 1. The minimum Gasteiger partial charge on any atom is -0.489 e. The molecule has 1 saturated carbocycles. The van der Waals surface area contributed by atoms with Gasteiger partial charge >= 0.3 is 12.1 Å². The lowest BCUT2D eigenvalue weighted by Crippen LogP contribution is -2.39. The average molecular weight is 679 g/mol. The van der Waals surface area contributed by atoms with Gasteiger partial charge < -0.3 is 24.2 Å². The number of halogens is 4. The van der Waals surface area contributed by atoms with Crippen molar-refractivity contribution in [1.29, 1.82) is 0 Å². The van der Waals surface area contributed by atoms with E-state index in [0.717, 1.165) is 49.7 Å². The highest BCUT2D eigenvalue weighted by molar-refractivity contribution is 5.96. The van der Waals surface area contributed by atoms with Crippen molar-refractivity contribution < 1.29 is 37.0 Å². The number of anilines is 2. The van der Waals surface area contributed by atoms with Gasteiger partial charge in [-0.2, -0.15) is 13.2 Å². The number of aromatic carboxylic acids is 1. The highest BCUT2D eigenvalue weighted by Gasteiger charge is 2.41. The molecule has 1 N–H and O–H groups in total. The smallest absolute Gasteiger partial charge is 0.391 e. The minimum absolute atomic E-state index is 0.00785. The number of carboxylic acid groups (broad SMARTS) is 1. The highest BCUT2D eigenvalue weighted by Crippen LogP contribution is 2.39. The third-order valence-electron chi connectivity index (χ3n) is 10.2. The van der Waals surface area contributed by atoms with E-state index in [4.69, 9.17) is 9.72 Å². The first-order valence-corrected chi connectivity index (χ1v) is 17.0. The molecule has 1 aliphatic carbocycles. The second-order valence-electron chi connectivity index (χ2n) is 13.3. The Morgan fingerprint density at radius 2 is 1.69 bits per heavy atom. The van der Waals surface area contributed by atoms with Crippen molar-refractivity contribution in [2.75, 3.05) is 29.4 Å². The van der Waals surface area contributed by atoms with Crippen LogP contribution in [0.2, 0.25) is 0 Å². The third kappa shape index (κ3) is 6.69. The molecule has 1 aromatic heterocycles. The molecule has 0 atom stereocenters. The number of rotatable bonds is 8. The fourth-order valence-electron chi connectivity index (χ4n) is 7.59. The first kappa shape index (κ1) is 32.9. The molecule has 49 heavy (non-hydrogen) atoms. The van der Waals surface area contributed by atoms with E-state index in [1.165, 1.54) is 12.1 Å². The van der Waals surface area contributed by atoms with Gasteiger partial charge in [0.1, 0.15) is 24.0 Å². The first-order valence-electron chi connectivity index (χ1n) is 17.0. The number of piperidine rings is 1. The summed E-state index contributed by atoms with van der Waals surface area (Å²) in [7, 11) is 0. The van der Waals surface area contributed by atoms with Gasteiger partial charge in [0, 0.05) is 55.1 Å². The Labute approximate surface area is 281 Å². The molecular weight excluding hydrogens is 640 g/mol. The van der Waals surface area contributed by atoms with Crippen LogP contribution in [0.3, 0.4) is 0 Å². The zero-order valence-electron chi connectivity index (χ0n) is 27.0. The van der Waals surface area contributed by atoms with Crippen LogP contribution in [-0.2, 0) is 11.4 Å². The molecule has 0 bridgehead atoms. The predicted molar refractivity (Wildman–Crippen MR) is 178 cm³/mol. The Balaban J connectivity index is 1.17. The van der Waals surface area contributed by atoms with Crippen LogP contribution < -0.4 is 14.5 Å². The summed E-state index contributed by atoms with van der Waals surface area (Å²) in [5.74, 6) is -2.23. The Morgan fingerprint density at radius 1 is 0.918 bits per heavy atom. The van der Waals surface area contributed by atoms with Gasteiger partial charge in [0.25, 0.3) is 0 Å². The molecule has 1 amide bonds. The summed E-state index contributed by atoms with van der Waals surface area (Å²) in [6.07, 6.45) is 2.02. The van der Waals surface area contributed by atoms with Crippen LogP contribution in [0.1, 0.15) is 79.8 Å². The normalized spacial score (nSPS) is 18.1. The molecule has 3 aliphatic rings. The molecule has 3 fully saturated rings. The highest BCUT2D eigenvalue weighted by atomic mass is 19.4. The maximum absolute atomic E-state index is 16.0. The SMILES string of the molecule is O=C(O)c1ccc2c(c1)nc(-c1ccc(OCc3cc(N4CCCC4=O)ccc3N3CCC(C(F)(F)F)CC3)cc1F)n2C1CCCCC1. The van der Waals surface area contributed by atoms with Gasteiger partial charge in [-0.05, 0) is 80.6 Å². The van der Waals surface area contributed by atoms with Crippen LogP contribution in [0.15, 0.2) is 54.6 Å². The molecular formula is C37H38F4N4O4. The lowest BCUT2D eigenvalue weighted by atomic mass is 9.94. The van der Waals surface area contributed by atoms with Gasteiger partial charge in [0.05, 0.1) is 28.1 Å². The number of carbonyl (C=O) groups is 2. The molecule has 2 aliphatic heterocycles. The summed E-state index contributed by atoms with van der Waals surface area (Å²) in [5.41, 5.74) is 3.76. The van der Waals surface area contributed by atoms with Crippen molar-refractivity contribution in [2.24, 2.45) is 5.92 Å². The summed E-state index contributed by atoms with van der Waals surface area (Å²) in [6, 6.07) is 15.0. The summed E-state index contributed by atoms with van der Waals surface area (Å²) < 4.78 is 64.3. The second kappa shape index (κ2) is 13.4. The Kier molecular flexibility index (Phi) is 8.97. The van der Waals surface area contributed by atoms with Crippen LogP contribution in [0.5, 0.6) is 5.75 Å². The van der Waals surface area contributed by atoms with Crippen LogP contribution in [0.25, 0.3) is 22.4 Å². The maximum atomic E-state index is 16.0. The van der Waals surface area contributed by atoms with Crippen LogP contribution >= 0.6 is 0 Å². The number of benzene rings is 3. The van der Waals surface area contributed by atoms with E-state index in [9.17, 15) is 27.9 Å². The topological polar surface area (TPSA) is 87.9 Å². The fraction of sp³-hybridized carbons (Fsp3) is 0.432. The Bertz CT molecular complexity index is 1880. The van der Waals surface area contributed by atoms with Gasteiger partial charge in [0.2, 0.25) is 5.91 Å². The van der Waals surface area contributed by atoms with Crippen molar-refractivity contribution >= 4 is 34.3 Å². The molecule has 0 unspecified atom stereocenters. The molecule has 0 radical (unpaired) electrons. The minimum atomic E-state index is -4.23. The van der Waals surface area contributed by atoms with Crippen LogP contribution in [0.4, 0.5) is 28.9 Å². The van der Waals surface area contributed by atoms with Gasteiger partial charge in [-0.15, -0.1) is 0 Å². The Hall–Kier alpha value is -4.61. The number of hydrogen-bond donors (Lipinski definition) is 1. The monoisotopic (exact) mass is 678 g/mol. The van der Waals surface area contributed by atoms with Crippen molar-refractivity contribution in [3.05, 3.63) is 71.5 Å². The van der Waals surface area contributed by atoms with E-state index in [1.807, 2.05) is 27.7 Å². The number of aromatic nitrogens is 2. The first-order chi connectivity index (χ1) is 23.6. The molecule has 7 rings (SSSR count). The van der Waals surface area contributed by atoms with Gasteiger partial charge in [-0.3, -0.25) is 4.79 Å². The average Bonchev–Trinajstić information content (AvgIpc) is 3.70. The molecule has 3 aromatic carbocycles. The number of amides is 1. The van der Waals surface area contributed by atoms with E-state index in [1.54, 1.807) is 29.2 Å². The summed E-state index contributed by atoms with van der Waals surface area (Å²) in [5, 5.41) is 9.54. The predicted octanol–water partition coefficient (Wildman–Crippen LogP) is 8.53. The van der Waals surface area contributed by atoms with Gasteiger partial charge in [0.15, 0.2) is 0 Å². The standard InChI is InChI=1S/C37H38F4N4O4/c38-30-21-28(10-11-29(30)35-42-31-20-23(36(47)48)8-12-33(31)45(35)26-5-2-1-3-6-26)49-22-24-19-27(44-16-4-7-34(44)46)9-13-32(24)43-17-14-25(15-18-43)37(39,40)41/h8-13,19-21,25-26H,1-7,14-18,22H2,(H,47,48).